The average Bonchev–Trinajstić information content (AvgIpc) is 3.87. The van der Waals surface area contributed by atoms with Gasteiger partial charge in [0.2, 0.25) is 5.91 Å². The first-order chi connectivity index (χ1) is 28.6. The number of nitrogens with zero attached hydrogens (tertiary/aromatic N) is 8. The maximum Gasteiger partial charge on any atom is 0.419 e. The predicted octanol–water partition coefficient (Wildman–Crippen LogP) is 4.17. The van der Waals surface area contributed by atoms with Crippen molar-refractivity contribution < 1.29 is 43.7 Å². The number of nitrogens with one attached hydrogen (secondary N) is 2. The van der Waals surface area contributed by atoms with E-state index in [2.05, 4.69) is 26.2 Å². The van der Waals surface area contributed by atoms with Gasteiger partial charge in [-0.3, -0.25) is 14.4 Å². The number of benzene rings is 3. The van der Waals surface area contributed by atoms with Crippen molar-refractivity contribution in [2.24, 2.45) is 0 Å². The summed E-state index contributed by atoms with van der Waals surface area (Å²) >= 11 is 6.32. The van der Waals surface area contributed by atoms with Crippen molar-refractivity contribution in [3.8, 4) is 5.69 Å². The highest BCUT2D eigenvalue weighted by Crippen LogP contribution is 2.31. The number of tetrazole rings is 1. The Morgan fingerprint density at radius 3 is 2.35 bits per heavy atom. The number of amides is 5. The molecule has 2 aliphatic heterocycles. The van der Waals surface area contributed by atoms with Gasteiger partial charge < -0.3 is 40.3 Å². The van der Waals surface area contributed by atoms with Gasteiger partial charge in [0.05, 0.1) is 23.0 Å². The largest absolute Gasteiger partial charge is 0.477 e. The number of aromatic carboxylic acids is 1. The van der Waals surface area contributed by atoms with Gasteiger partial charge in [0.1, 0.15) is 23.7 Å². The van der Waals surface area contributed by atoms with Crippen LogP contribution in [0.2, 0.25) is 5.02 Å². The van der Waals surface area contributed by atoms with Crippen LogP contribution in [0, 0.1) is 0 Å². The number of hydrogen-bond acceptors (Lipinski definition) is 11. The second-order valence-electron chi connectivity index (χ2n) is 15.3. The Morgan fingerprint density at radius 1 is 0.917 bits per heavy atom. The van der Waals surface area contributed by atoms with E-state index in [0.717, 1.165) is 4.57 Å². The second-order valence-corrected chi connectivity index (χ2v) is 15.8. The predicted molar refractivity (Wildman–Crippen MR) is 217 cm³/mol. The number of fused-ring (bicyclic) bond motifs is 1. The smallest absolute Gasteiger partial charge is 0.419 e. The summed E-state index contributed by atoms with van der Waals surface area (Å²) in [6.07, 6.45) is 1.10. The number of aliphatic hydroxyl groups excluding tert-OH is 1. The number of carboxylic acid groups (broad SMARTS) is 1. The number of β-amino-alcohol motifs (C(OH)–C–C–N with tert-alkyl or cyclic N) is 1. The van der Waals surface area contributed by atoms with Gasteiger partial charge in [-0.25, -0.2) is 19.0 Å². The van der Waals surface area contributed by atoms with Crippen LogP contribution >= 0.6 is 11.6 Å². The quantitative estimate of drug-likeness (QED) is 0.153. The van der Waals surface area contributed by atoms with Gasteiger partial charge in [0, 0.05) is 54.4 Å². The normalized spacial score (nSPS) is 16.5. The second kappa shape index (κ2) is 16.8. The number of piperazine rings is 1. The Balaban J connectivity index is 1.16. The molecular weight excluding hydrogens is 800 g/mol. The molecule has 4 N–H and O–H groups in total. The standard InChI is InChI=1S/C40H41ClN10O9/c1-40(2,3)60-39(59)51-29-13-11-27(18-24(29)19-33(51)37(56)57)43-34(53)32(17-23-6-9-26(10-7-23)44-38(58)47-14-4-5-28(52)21-47)49-16-15-48(35(54)36(49)55)31-20-25(41)8-12-30(31)50-22-42-45-46-50/h6-13,18-20,22,28,32,52H,4-5,14-17,21H2,1-3H3,(H,43,53)(H,44,58)(H,56,57). The molecule has 20 heteroatoms. The van der Waals surface area contributed by atoms with E-state index in [-0.39, 0.29) is 54.7 Å². The van der Waals surface area contributed by atoms with E-state index in [1.807, 2.05) is 0 Å². The number of carboxylic acids is 1. The first-order valence-corrected chi connectivity index (χ1v) is 19.4. The van der Waals surface area contributed by atoms with Crippen LogP contribution in [0.1, 0.15) is 49.7 Å². The molecule has 2 fully saturated rings. The molecule has 3 aromatic carbocycles. The minimum absolute atomic E-state index is 0.0257. The number of carbonyl (C=O) groups excluding carboxylic acids is 5. The SMILES string of the molecule is CC(C)(C)OC(=O)n1c(C(=O)O)cc2cc(NC(=O)C(Cc3ccc(NC(=O)N4CCCC(O)C4)cc3)N3CCN(c4cc(Cl)ccc4-n4cnnn4)C(=O)C3=O)ccc21. The van der Waals surface area contributed by atoms with E-state index in [0.29, 0.717) is 46.7 Å². The Kier molecular flexibility index (Phi) is 11.6. The van der Waals surface area contributed by atoms with Crippen LogP contribution in [-0.4, -0.2) is 125 Å². The topological polar surface area (TPSA) is 234 Å². The summed E-state index contributed by atoms with van der Waals surface area (Å²) in [7, 11) is 0. The van der Waals surface area contributed by atoms with Crippen LogP contribution in [0.25, 0.3) is 16.6 Å². The molecule has 7 rings (SSSR count). The molecule has 0 aliphatic carbocycles. The van der Waals surface area contributed by atoms with Crippen molar-refractivity contribution in [3.63, 3.8) is 0 Å². The summed E-state index contributed by atoms with van der Waals surface area (Å²) in [5.41, 5.74) is 0.912. The average molecular weight is 841 g/mol. The van der Waals surface area contributed by atoms with Crippen LogP contribution in [0.3, 0.4) is 0 Å². The van der Waals surface area contributed by atoms with Crippen LogP contribution in [-0.2, 0) is 25.5 Å². The number of likely N-dealkylation sites (tertiary alicyclic amines) is 1. The van der Waals surface area contributed by atoms with Crippen molar-refractivity contribution in [1.82, 2.24) is 34.6 Å². The number of anilines is 3. The molecule has 0 spiro atoms. The van der Waals surface area contributed by atoms with Gasteiger partial charge in [0.15, 0.2) is 0 Å². The van der Waals surface area contributed by atoms with Crippen LogP contribution in [0.4, 0.5) is 26.7 Å². The molecule has 0 saturated carbocycles. The number of urea groups is 1. The summed E-state index contributed by atoms with van der Waals surface area (Å²) in [4.78, 5) is 84.4. The first kappa shape index (κ1) is 41.3. The zero-order chi connectivity index (χ0) is 42.9. The number of carbonyl (C=O) groups is 6. The fraction of sp³-hybridized carbons (Fsp3) is 0.325. The molecule has 2 atom stereocenters. The van der Waals surface area contributed by atoms with Crippen LogP contribution in [0.5, 0.6) is 0 Å². The molecule has 2 aliphatic rings. The number of aromatic nitrogens is 5. The number of hydrogen-bond donors (Lipinski definition) is 4. The third-order valence-corrected chi connectivity index (χ3v) is 10.2. The zero-order valence-electron chi connectivity index (χ0n) is 32.7. The highest BCUT2D eigenvalue weighted by molar-refractivity contribution is 6.41. The van der Waals surface area contributed by atoms with Crippen molar-refractivity contribution in [3.05, 3.63) is 89.3 Å². The molecule has 60 heavy (non-hydrogen) atoms. The highest BCUT2D eigenvalue weighted by Gasteiger charge is 2.41. The summed E-state index contributed by atoms with van der Waals surface area (Å²) in [5.74, 6) is -3.92. The molecule has 4 heterocycles. The van der Waals surface area contributed by atoms with Crippen molar-refractivity contribution in [2.75, 3.05) is 41.7 Å². The summed E-state index contributed by atoms with van der Waals surface area (Å²) in [6.45, 7) is 5.60. The number of rotatable bonds is 9. The van der Waals surface area contributed by atoms with Gasteiger partial charge in [-0.05, 0) is 104 Å². The van der Waals surface area contributed by atoms with Gasteiger partial charge in [-0.2, -0.15) is 4.68 Å². The van der Waals surface area contributed by atoms with Gasteiger partial charge in [-0.15, -0.1) is 5.10 Å². The Labute approximate surface area is 347 Å². The summed E-state index contributed by atoms with van der Waals surface area (Å²) in [5, 5.41) is 37.4. The van der Waals surface area contributed by atoms with E-state index >= 15 is 0 Å². The summed E-state index contributed by atoms with van der Waals surface area (Å²) in [6, 6.07) is 15.5. The van der Waals surface area contributed by atoms with Gasteiger partial charge in [-0.1, -0.05) is 23.7 Å². The van der Waals surface area contributed by atoms with Crippen LogP contribution in [0.15, 0.2) is 73.1 Å². The maximum absolute atomic E-state index is 14.3. The Morgan fingerprint density at radius 2 is 1.67 bits per heavy atom. The lowest BCUT2D eigenvalue weighted by atomic mass is 10.0. The molecule has 312 valence electrons. The molecule has 0 bridgehead atoms. The first-order valence-electron chi connectivity index (χ1n) is 19.0. The molecule has 19 nitrogen and oxygen atoms in total. The molecule has 5 amide bonds. The minimum atomic E-state index is -1.37. The monoisotopic (exact) mass is 840 g/mol. The minimum Gasteiger partial charge on any atom is -0.477 e. The van der Waals surface area contributed by atoms with Crippen molar-refractivity contribution >= 4 is 75.4 Å². The molecular formula is C40H41ClN10O9. The number of piperidine rings is 1. The fourth-order valence-corrected chi connectivity index (χ4v) is 7.33. The fourth-order valence-electron chi connectivity index (χ4n) is 7.17. The van der Waals surface area contributed by atoms with Gasteiger partial charge >= 0.3 is 29.9 Å². The molecule has 2 saturated heterocycles. The van der Waals surface area contributed by atoms with E-state index < -0.39 is 47.5 Å². The van der Waals surface area contributed by atoms with E-state index in [1.54, 1.807) is 57.2 Å². The zero-order valence-corrected chi connectivity index (χ0v) is 33.5. The van der Waals surface area contributed by atoms with E-state index in [4.69, 9.17) is 16.3 Å². The van der Waals surface area contributed by atoms with Crippen molar-refractivity contribution in [1.29, 1.82) is 0 Å². The lowest BCUT2D eigenvalue weighted by molar-refractivity contribution is -0.149. The summed E-state index contributed by atoms with van der Waals surface area (Å²) < 4.78 is 7.71. The number of ether oxygens (including phenoxy) is 1. The number of aliphatic hydroxyl groups is 1. The molecule has 0 radical (unpaired) electrons. The van der Waals surface area contributed by atoms with Crippen molar-refractivity contribution in [2.45, 2.75) is 57.8 Å². The maximum atomic E-state index is 14.3. The Hall–Kier alpha value is -6.86. The lowest BCUT2D eigenvalue weighted by Gasteiger charge is -2.38. The molecule has 2 unspecified atom stereocenters. The van der Waals surface area contributed by atoms with Gasteiger partial charge in [0.25, 0.3) is 0 Å². The third-order valence-electron chi connectivity index (χ3n) is 9.94. The Bertz CT molecular complexity index is 2480. The highest BCUT2D eigenvalue weighted by atomic mass is 35.5. The lowest BCUT2D eigenvalue weighted by Crippen LogP contribution is -2.60. The van der Waals surface area contributed by atoms with E-state index in [1.165, 1.54) is 56.0 Å². The van der Waals surface area contributed by atoms with Crippen LogP contribution < -0.4 is 15.5 Å². The third kappa shape index (κ3) is 8.91. The molecule has 5 aromatic rings. The number of halogens is 1. The van der Waals surface area contributed by atoms with E-state index in [9.17, 15) is 39.0 Å². The molecule has 2 aromatic heterocycles.